The molecule has 3 N–H and O–H groups in total. The molecular formula is C47H70O14. The number of hydrogen-bond donors (Lipinski definition) is 3. The fourth-order valence-corrected chi connectivity index (χ4v) is 10.4. The van der Waals surface area contributed by atoms with Crippen LogP contribution < -0.4 is 0 Å². The Bertz CT molecular complexity index is 1710. The van der Waals surface area contributed by atoms with Crippen LogP contribution in [0.25, 0.3) is 0 Å². The average Bonchev–Trinajstić information content (AvgIpc) is 3.56. The van der Waals surface area contributed by atoms with Crippen molar-refractivity contribution in [3.8, 4) is 0 Å². The number of aliphatic hydroxyl groups is 3. The Morgan fingerprint density at radius 1 is 0.852 bits per heavy atom. The zero-order chi connectivity index (χ0) is 44.0. The van der Waals surface area contributed by atoms with Gasteiger partial charge in [-0.1, -0.05) is 64.2 Å². The minimum absolute atomic E-state index is 0.0313. The first kappa shape index (κ1) is 46.7. The minimum Gasteiger partial charge on any atom is -0.462 e. The summed E-state index contributed by atoms with van der Waals surface area (Å²) in [5.74, 6) is -2.62. The monoisotopic (exact) mass is 858 g/mol. The Labute approximate surface area is 361 Å². The van der Waals surface area contributed by atoms with Gasteiger partial charge in [-0.25, -0.2) is 0 Å². The lowest BCUT2D eigenvalue weighted by atomic mass is 9.71. The molecule has 19 atom stereocenters. The highest BCUT2D eigenvalue weighted by atomic mass is 16.7. The number of rotatable bonds is 7. The number of ether oxygens (including phenoxy) is 10. The molecule has 2 bridgehead atoms. The van der Waals surface area contributed by atoms with Crippen LogP contribution in [-0.4, -0.2) is 139 Å². The number of aliphatic hydroxyl groups excluding tert-OH is 2. The molecule has 342 valence electrons. The maximum absolute atomic E-state index is 14.3. The second-order valence-corrected chi connectivity index (χ2v) is 18.8. The van der Waals surface area contributed by atoms with E-state index in [1.54, 1.807) is 40.2 Å². The molecule has 14 nitrogen and oxygen atoms in total. The number of methoxy groups -OCH3 is 2. The number of carbonyl (C=O) groups is 1. The van der Waals surface area contributed by atoms with Crippen LogP contribution in [0.2, 0.25) is 0 Å². The van der Waals surface area contributed by atoms with Gasteiger partial charge in [0.05, 0.1) is 49.3 Å². The van der Waals surface area contributed by atoms with Crippen molar-refractivity contribution in [3.63, 3.8) is 0 Å². The molecule has 0 aromatic heterocycles. The van der Waals surface area contributed by atoms with Gasteiger partial charge in [0, 0.05) is 51.7 Å². The topological polar surface area (TPSA) is 170 Å². The van der Waals surface area contributed by atoms with Gasteiger partial charge >= 0.3 is 5.97 Å². The Morgan fingerprint density at radius 2 is 1.56 bits per heavy atom. The number of carbonyl (C=O) groups excluding carboxylic acids is 1. The molecule has 7 aliphatic rings. The molecule has 4 fully saturated rings. The van der Waals surface area contributed by atoms with Crippen molar-refractivity contribution in [2.24, 2.45) is 23.7 Å². The predicted octanol–water partition coefficient (Wildman–Crippen LogP) is 4.99. The van der Waals surface area contributed by atoms with Gasteiger partial charge in [0.15, 0.2) is 18.4 Å². The summed E-state index contributed by atoms with van der Waals surface area (Å²) in [5, 5.41) is 34.2. The molecule has 4 saturated heterocycles. The van der Waals surface area contributed by atoms with E-state index in [0.29, 0.717) is 43.3 Å². The van der Waals surface area contributed by atoms with Gasteiger partial charge in [-0.15, -0.1) is 0 Å². The average molecular weight is 859 g/mol. The highest BCUT2D eigenvalue weighted by Crippen LogP contribution is 2.47. The Kier molecular flexibility index (Phi) is 14.6. The molecule has 0 aromatic carbocycles. The van der Waals surface area contributed by atoms with Gasteiger partial charge in [0.25, 0.3) is 0 Å². The summed E-state index contributed by atoms with van der Waals surface area (Å²) in [6, 6.07) is 0. The zero-order valence-electron chi connectivity index (χ0n) is 37.5. The third-order valence-corrected chi connectivity index (χ3v) is 14.0. The third kappa shape index (κ3) is 9.58. The summed E-state index contributed by atoms with van der Waals surface area (Å²) in [4.78, 5) is 14.3. The molecule has 61 heavy (non-hydrogen) atoms. The Balaban J connectivity index is 1.18. The summed E-state index contributed by atoms with van der Waals surface area (Å²) in [6.07, 6.45) is 7.54. The number of allylic oxidation sites excluding steroid dienone is 2. The predicted molar refractivity (Wildman–Crippen MR) is 223 cm³/mol. The molecule has 0 saturated carbocycles. The first-order valence-corrected chi connectivity index (χ1v) is 22.3. The molecule has 6 aliphatic heterocycles. The van der Waals surface area contributed by atoms with E-state index in [9.17, 15) is 20.1 Å². The van der Waals surface area contributed by atoms with E-state index in [2.05, 4.69) is 39.8 Å². The van der Waals surface area contributed by atoms with Gasteiger partial charge in [-0.05, 0) is 62.8 Å². The molecule has 1 aliphatic carbocycles. The molecule has 0 unspecified atom stereocenters. The van der Waals surface area contributed by atoms with Crippen LogP contribution in [0.5, 0.6) is 0 Å². The SMILES string of the molecule is CO[C@H]1C[C@H](O[C@H]2[C@H](C)O[C@@H](O[C@@H]3C(C)=CC[C@@H]4C[C@@H](C[C@]5(C=C[C@H](C)[C@@H](C(C)C)O5)O4)OC(=O)[C@@H]4C=C(C)[C@@H](O)[C@H]5OCC(=CC=C[C@@H]3C)[C@]54O)C[C@@H]2OC)O[C@@H](C)[C@@H]1O. The van der Waals surface area contributed by atoms with Crippen LogP contribution in [0.3, 0.4) is 0 Å². The summed E-state index contributed by atoms with van der Waals surface area (Å²) in [6.45, 7) is 16.0. The van der Waals surface area contributed by atoms with E-state index in [0.717, 1.165) is 5.57 Å². The highest BCUT2D eigenvalue weighted by molar-refractivity contribution is 5.78. The van der Waals surface area contributed by atoms with E-state index in [1.165, 1.54) is 0 Å². The highest BCUT2D eigenvalue weighted by Gasteiger charge is 2.60. The van der Waals surface area contributed by atoms with Crippen molar-refractivity contribution in [3.05, 3.63) is 59.3 Å². The van der Waals surface area contributed by atoms with Crippen LogP contribution in [-0.2, 0) is 52.2 Å². The van der Waals surface area contributed by atoms with Gasteiger partial charge in [-0.3, -0.25) is 4.79 Å². The largest absolute Gasteiger partial charge is 0.462 e. The van der Waals surface area contributed by atoms with Crippen molar-refractivity contribution < 1.29 is 67.5 Å². The normalized spacial score (nSPS) is 47.1. The lowest BCUT2D eigenvalue weighted by Gasteiger charge is -2.48. The van der Waals surface area contributed by atoms with E-state index in [-0.39, 0.29) is 42.7 Å². The maximum Gasteiger partial charge on any atom is 0.316 e. The summed E-state index contributed by atoms with van der Waals surface area (Å²) in [7, 11) is 3.22. The zero-order valence-corrected chi connectivity index (χ0v) is 37.5. The summed E-state index contributed by atoms with van der Waals surface area (Å²) < 4.78 is 63.5. The number of hydrogen-bond acceptors (Lipinski definition) is 14. The van der Waals surface area contributed by atoms with Crippen molar-refractivity contribution >= 4 is 5.97 Å². The van der Waals surface area contributed by atoms with Crippen molar-refractivity contribution in [1.82, 2.24) is 0 Å². The number of fused-ring (bicyclic) bond motifs is 2. The lowest BCUT2D eigenvalue weighted by molar-refractivity contribution is -0.318. The van der Waals surface area contributed by atoms with Crippen LogP contribution in [0, 0.1) is 23.7 Å². The molecule has 7 rings (SSSR count). The van der Waals surface area contributed by atoms with E-state index in [4.69, 9.17) is 47.4 Å². The molecule has 1 spiro atoms. The molecule has 0 amide bonds. The van der Waals surface area contributed by atoms with Crippen LogP contribution in [0.4, 0.5) is 0 Å². The Morgan fingerprint density at radius 3 is 2.28 bits per heavy atom. The third-order valence-electron chi connectivity index (χ3n) is 14.0. The van der Waals surface area contributed by atoms with E-state index in [1.807, 2.05) is 32.1 Å². The van der Waals surface area contributed by atoms with Gasteiger partial charge in [0.2, 0.25) is 0 Å². The quantitative estimate of drug-likeness (QED) is 0.231. The van der Waals surface area contributed by atoms with E-state index >= 15 is 0 Å². The van der Waals surface area contributed by atoms with Crippen molar-refractivity contribution in [1.29, 1.82) is 0 Å². The molecule has 6 heterocycles. The summed E-state index contributed by atoms with van der Waals surface area (Å²) in [5.41, 5.74) is 0.129. The second-order valence-electron chi connectivity index (χ2n) is 18.8. The Hall–Kier alpha value is -2.31. The van der Waals surface area contributed by atoms with Crippen molar-refractivity contribution in [2.75, 3.05) is 20.8 Å². The standard InChI is InChI=1S/C47H70O14/c1-24(2)41-27(5)16-17-46(61-41)22-33-19-32(60-46)15-14-26(4)42(25(3)12-11-13-31-23-54-44-39(48)28(6)18-34(45(50)57-33)47(31,44)51)58-38-21-36(53-10)43(30(8)56-38)59-37-20-35(52-9)40(49)29(7)55-37/h11-14,16-18,24-25,27,29-30,32-44,48-49,51H,15,19-23H2,1-10H3/t25-,27-,29-,30-,32+,33-,34-,35-,36-,37-,38-,39+,40-,41+,42-,43-,44+,46+,47+/m0/s1. The summed E-state index contributed by atoms with van der Waals surface area (Å²) >= 11 is 0. The first-order valence-electron chi connectivity index (χ1n) is 22.3. The fraction of sp³-hybridized carbons (Fsp3) is 0.766. The van der Waals surface area contributed by atoms with Crippen LogP contribution in [0.1, 0.15) is 87.5 Å². The minimum atomic E-state index is -1.83. The smallest absolute Gasteiger partial charge is 0.316 e. The maximum atomic E-state index is 14.3. The molecule has 0 aromatic rings. The molecule has 0 radical (unpaired) electrons. The number of esters is 1. The second kappa shape index (κ2) is 19.0. The lowest BCUT2D eigenvalue weighted by Crippen LogP contribution is -2.58. The first-order chi connectivity index (χ1) is 29.0. The fourth-order valence-electron chi connectivity index (χ4n) is 10.4. The van der Waals surface area contributed by atoms with Gasteiger partial charge in [-0.2, -0.15) is 0 Å². The molecule has 14 heteroatoms. The molecular weight excluding hydrogens is 789 g/mol. The van der Waals surface area contributed by atoms with Crippen molar-refractivity contribution in [2.45, 2.75) is 185 Å². The van der Waals surface area contributed by atoms with E-state index < -0.39 is 90.8 Å². The van der Waals surface area contributed by atoms with Gasteiger partial charge < -0.3 is 62.7 Å². The van der Waals surface area contributed by atoms with Gasteiger partial charge in [0.1, 0.15) is 42.0 Å². The van der Waals surface area contributed by atoms with Crippen LogP contribution in [0.15, 0.2) is 59.3 Å². The van der Waals surface area contributed by atoms with Crippen LogP contribution >= 0.6 is 0 Å².